The van der Waals surface area contributed by atoms with Crippen molar-refractivity contribution in [1.82, 2.24) is 5.32 Å². The van der Waals surface area contributed by atoms with Gasteiger partial charge in [-0.05, 0) is 50.5 Å². The monoisotopic (exact) mass is 295 g/mol. The van der Waals surface area contributed by atoms with Crippen molar-refractivity contribution < 1.29 is 23.8 Å². The van der Waals surface area contributed by atoms with Gasteiger partial charge in [-0.2, -0.15) is 0 Å². The summed E-state index contributed by atoms with van der Waals surface area (Å²) in [4.78, 5) is 23.0. The first-order chi connectivity index (χ1) is 9.90. The second-order valence-corrected chi connectivity index (χ2v) is 5.41. The van der Waals surface area contributed by atoms with Gasteiger partial charge in [-0.1, -0.05) is 0 Å². The van der Waals surface area contributed by atoms with Crippen LogP contribution in [0.3, 0.4) is 0 Å². The lowest BCUT2D eigenvalue weighted by atomic mass is 9.74. The van der Waals surface area contributed by atoms with E-state index < -0.39 is 17.6 Å². The fourth-order valence-electron chi connectivity index (χ4n) is 2.37. The van der Waals surface area contributed by atoms with Gasteiger partial charge in [0.25, 0.3) is 5.91 Å². The molecule has 1 atom stereocenters. The molecule has 2 rings (SSSR count). The van der Waals surface area contributed by atoms with Gasteiger partial charge in [0.15, 0.2) is 6.10 Å². The maximum atomic E-state index is 12.8. The SMILES string of the molecule is CC(Oc1ccc(F)cc1)C(=O)NC1(CC(=O)O)CCC1. The maximum absolute atomic E-state index is 12.8. The Labute approximate surface area is 122 Å². The van der Waals surface area contributed by atoms with Gasteiger partial charge in [-0.3, -0.25) is 9.59 Å². The second-order valence-electron chi connectivity index (χ2n) is 5.41. The first-order valence-corrected chi connectivity index (χ1v) is 6.86. The lowest BCUT2D eigenvalue weighted by molar-refractivity contribution is -0.141. The van der Waals surface area contributed by atoms with Crippen LogP contribution in [-0.2, 0) is 9.59 Å². The molecule has 0 heterocycles. The van der Waals surface area contributed by atoms with E-state index in [1.807, 2.05) is 0 Å². The van der Waals surface area contributed by atoms with Crippen LogP contribution < -0.4 is 10.1 Å². The van der Waals surface area contributed by atoms with Crippen LogP contribution >= 0.6 is 0 Å². The van der Waals surface area contributed by atoms with Crippen molar-refractivity contribution in [3.05, 3.63) is 30.1 Å². The minimum absolute atomic E-state index is 0.0813. The summed E-state index contributed by atoms with van der Waals surface area (Å²) >= 11 is 0. The zero-order valence-corrected chi connectivity index (χ0v) is 11.8. The minimum atomic E-state index is -0.929. The summed E-state index contributed by atoms with van der Waals surface area (Å²) < 4.78 is 18.2. The summed E-state index contributed by atoms with van der Waals surface area (Å²) in [6.45, 7) is 1.58. The molecule has 21 heavy (non-hydrogen) atoms. The molecule has 1 amide bonds. The molecule has 1 aromatic rings. The van der Waals surface area contributed by atoms with E-state index >= 15 is 0 Å². The Balaban J connectivity index is 1.92. The zero-order valence-electron chi connectivity index (χ0n) is 11.8. The Bertz CT molecular complexity index is 525. The molecule has 0 bridgehead atoms. The molecule has 2 N–H and O–H groups in total. The molecule has 1 unspecified atom stereocenters. The zero-order chi connectivity index (χ0) is 15.5. The Morgan fingerprint density at radius 3 is 2.48 bits per heavy atom. The van der Waals surface area contributed by atoms with E-state index in [4.69, 9.17) is 9.84 Å². The average molecular weight is 295 g/mol. The summed E-state index contributed by atoms with van der Waals surface area (Å²) in [5.74, 6) is -1.28. The fourth-order valence-corrected chi connectivity index (χ4v) is 2.37. The van der Waals surface area contributed by atoms with Crippen molar-refractivity contribution >= 4 is 11.9 Å². The molecule has 5 nitrogen and oxygen atoms in total. The van der Waals surface area contributed by atoms with Crippen LogP contribution in [0.4, 0.5) is 4.39 Å². The molecule has 0 aromatic heterocycles. The molecule has 1 aromatic carbocycles. The summed E-state index contributed by atoms with van der Waals surface area (Å²) in [6, 6.07) is 5.38. The van der Waals surface area contributed by atoms with Crippen molar-refractivity contribution in [2.75, 3.05) is 0 Å². The van der Waals surface area contributed by atoms with Crippen molar-refractivity contribution in [1.29, 1.82) is 0 Å². The van der Waals surface area contributed by atoms with Gasteiger partial charge in [0.2, 0.25) is 0 Å². The molecular weight excluding hydrogens is 277 g/mol. The molecule has 0 radical (unpaired) electrons. The number of carbonyl (C=O) groups excluding carboxylic acids is 1. The molecule has 0 saturated heterocycles. The van der Waals surface area contributed by atoms with Gasteiger partial charge >= 0.3 is 5.97 Å². The Hall–Kier alpha value is -2.11. The smallest absolute Gasteiger partial charge is 0.305 e. The highest BCUT2D eigenvalue weighted by Crippen LogP contribution is 2.35. The number of hydrogen-bond acceptors (Lipinski definition) is 3. The topological polar surface area (TPSA) is 75.6 Å². The van der Waals surface area contributed by atoms with Crippen LogP contribution in [0.1, 0.15) is 32.6 Å². The van der Waals surface area contributed by atoms with Gasteiger partial charge in [0.05, 0.1) is 12.0 Å². The van der Waals surface area contributed by atoms with Crippen LogP contribution in [-0.4, -0.2) is 28.6 Å². The maximum Gasteiger partial charge on any atom is 0.305 e. The van der Waals surface area contributed by atoms with Crippen molar-refractivity contribution in [3.8, 4) is 5.75 Å². The predicted molar refractivity (Wildman–Crippen MR) is 73.5 cm³/mol. The molecule has 1 aliphatic carbocycles. The summed E-state index contributed by atoms with van der Waals surface area (Å²) in [7, 11) is 0. The Kier molecular flexibility index (Phi) is 4.45. The van der Waals surface area contributed by atoms with Crippen molar-refractivity contribution in [2.24, 2.45) is 0 Å². The number of amides is 1. The number of carbonyl (C=O) groups is 2. The largest absolute Gasteiger partial charge is 0.481 e. The number of halogens is 1. The van der Waals surface area contributed by atoms with Crippen LogP contribution in [0.25, 0.3) is 0 Å². The van der Waals surface area contributed by atoms with Crippen LogP contribution in [0.15, 0.2) is 24.3 Å². The van der Waals surface area contributed by atoms with E-state index in [1.54, 1.807) is 6.92 Å². The van der Waals surface area contributed by atoms with Gasteiger partial charge in [0.1, 0.15) is 11.6 Å². The van der Waals surface area contributed by atoms with E-state index in [2.05, 4.69) is 5.32 Å². The summed E-state index contributed by atoms with van der Waals surface area (Å²) in [6.07, 6.45) is 1.37. The van der Waals surface area contributed by atoms with E-state index in [-0.39, 0.29) is 18.1 Å². The second kappa shape index (κ2) is 6.11. The first-order valence-electron chi connectivity index (χ1n) is 6.86. The highest BCUT2D eigenvalue weighted by Gasteiger charge is 2.41. The third kappa shape index (κ3) is 3.93. The van der Waals surface area contributed by atoms with E-state index in [0.29, 0.717) is 18.6 Å². The fraction of sp³-hybridized carbons (Fsp3) is 0.467. The third-order valence-corrected chi connectivity index (χ3v) is 3.68. The number of hydrogen-bond donors (Lipinski definition) is 2. The van der Waals surface area contributed by atoms with Crippen LogP contribution in [0.2, 0.25) is 0 Å². The third-order valence-electron chi connectivity index (χ3n) is 3.68. The number of carboxylic acid groups (broad SMARTS) is 1. The van der Waals surface area contributed by atoms with E-state index in [1.165, 1.54) is 24.3 Å². The van der Waals surface area contributed by atoms with Gasteiger partial charge in [-0.25, -0.2) is 4.39 Å². The van der Waals surface area contributed by atoms with E-state index in [9.17, 15) is 14.0 Å². The Morgan fingerprint density at radius 1 is 1.38 bits per heavy atom. The average Bonchev–Trinajstić information content (AvgIpc) is 2.38. The number of rotatable bonds is 6. The number of carboxylic acids is 1. The molecule has 1 aliphatic rings. The molecular formula is C15H18FNO4. The first kappa shape index (κ1) is 15.3. The number of benzene rings is 1. The van der Waals surface area contributed by atoms with Crippen LogP contribution in [0, 0.1) is 5.82 Å². The lowest BCUT2D eigenvalue weighted by Crippen LogP contribution is -2.57. The van der Waals surface area contributed by atoms with Gasteiger partial charge < -0.3 is 15.2 Å². The van der Waals surface area contributed by atoms with Gasteiger partial charge in [-0.15, -0.1) is 0 Å². The molecule has 0 aliphatic heterocycles. The van der Waals surface area contributed by atoms with E-state index in [0.717, 1.165) is 6.42 Å². The highest BCUT2D eigenvalue weighted by molar-refractivity contribution is 5.82. The quantitative estimate of drug-likeness (QED) is 0.842. The molecule has 1 saturated carbocycles. The standard InChI is InChI=1S/C15H18FNO4/c1-10(21-12-5-3-11(16)4-6-12)14(20)17-15(7-2-8-15)9-13(18)19/h3-6,10H,2,7-9H2,1H3,(H,17,20)(H,18,19). The van der Waals surface area contributed by atoms with Crippen molar-refractivity contribution in [2.45, 2.75) is 44.2 Å². The molecule has 0 spiro atoms. The van der Waals surface area contributed by atoms with Gasteiger partial charge in [0, 0.05) is 0 Å². The Morgan fingerprint density at radius 2 is 2.00 bits per heavy atom. The predicted octanol–water partition coefficient (Wildman–Crippen LogP) is 2.11. The van der Waals surface area contributed by atoms with Crippen LogP contribution in [0.5, 0.6) is 5.75 Å². The molecule has 6 heteroatoms. The highest BCUT2D eigenvalue weighted by atomic mass is 19.1. The number of aliphatic carboxylic acids is 1. The lowest BCUT2D eigenvalue weighted by Gasteiger charge is -2.42. The summed E-state index contributed by atoms with van der Waals surface area (Å²) in [5.41, 5.74) is -0.649. The number of nitrogens with one attached hydrogen (secondary N) is 1. The van der Waals surface area contributed by atoms with Crippen molar-refractivity contribution in [3.63, 3.8) is 0 Å². The normalized spacial score (nSPS) is 17.4. The molecule has 1 fully saturated rings. The minimum Gasteiger partial charge on any atom is -0.481 e. The number of ether oxygens (including phenoxy) is 1. The summed E-state index contributed by atoms with van der Waals surface area (Å²) in [5, 5.41) is 11.7. The molecule has 114 valence electrons.